The Morgan fingerprint density at radius 2 is 1.83 bits per heavy atom. The van der Waals surface area contributed by atoms with E-state index in [9.17, 15) is 14.4 Å². The maximum absolute atomic E-state index is 13.4. The van der Waals surface area contributed by atoms with E-state index in [0.29, 0.717) is 32.6 Å². The standard InChI is InChI=1S/C26H34N4O5/c1-4-28(5-2)24(32)19-35-21-16-29(15-13-20-10-7-6-8-11-20)23(31)18-30(17-21)26(33)22-12-9-14-27-25(22)34-3/h6-12,14,21H,4-5,13,15-19H2,1-3H3/t21-/m1/s1. The molecular formula is C26H34N4O5. The number of benzene rings is 1. The number of methoxy groups -OCH3 is 1. The van der Waals surface area contributed by atoms with Gasteiger partial charge in [0.1, 0.15) is 18.7 Å². The van der Waals surface area contributed by atoms with Gasteiger partial charge in [-0.2, -0.15) is 0 Å². The van der Waals surface area contributed by atoms with Gasteiger partial charge < -0.3 is 24.2 Å². The van der Waals surface area contributed by atoms with Crippen LogP contribution < -0.4 is 4.74 Å². The Hall–Kier alpha value is -3.46. The van der Waals surface area contributed by atoms with Crippen molar-refractivity contribution >= 4 is 17.7 Å². The molecule has 188 valence electrons. The van der Waals surface area contributed by atoms with E-state index in [-0.39, 0.29) is 48.9 Å². The molecule has 3 rings (SSSR count). The van der Waals surface area contributed by atoms with E-state index in [1.807, 2.05) is 44.2 Å². The fraction of sp³-hybridized carbons (Fsp3) is 0.462. The second-order valence-corrected chi connectivity index (χ2v) is 8.32. The number of carbonyl (C=O) groups excluding carboxylic acids is 3. The third-order valence-corrected chi connectivity index (χ3v) is 6.08. The first-order valence-corrected chi connectivity index (χ1v) is 12.0. The Bertz CT molecular complexity index is 996. The molecule has 1 aromatic heterocycles. The number of pyridine rings is 1. The van der Waals surface area contributed by atoms with E-state index in [0.717, 1.165) is 5.56 Å². The third-order valence-electron chi connectivity index (χ3n) is 6.08. The summed E-state index contributed by atoms with van der Waals surface area (Å²) < 4.78 is 11.2. The van der Waals surface area contributed by atoms with Crippen molar-refractivity contribution in [2.75, 3.05) is 53.0 Å². The molecule has 2 heterocycles. The molecule has 1 atom stereocenters. The number of hydrogen-bond donors (Lipinski definition) is 0. The van der Waals surface area contributed by atoms with E-state index in [4.69, 9.17) is 9.47 Å². The summed E-state index contributed by atoms with van der Waals surface area (Å²) in [6.07, 6.45) is 1.71. The van der Waals surface area contributed by atoms with E-state index in [2.05, 4.69) is 4.98 Å². The van der Waals surface area contributed by atoms with Gasteiger partial charge in [-0.25, -0.2) is 4.98 Å². The molecule has 1 aliphatic rings. The summed E-state index contributed by atoms with van der Waals surface area (Å²) in [5.74, 6) is -0.451. The first kappa shape index (κ1) is 26.2. The molecule has 0 bridgehead atoms. The maximum atomic E-state index is 13.4. The van der Waals surface area contributed by atoms with Crippen LogP contribution in [-0.4, -0.2) is 96.5 Å². The van der Waals surface area contributed by atoms with E-state index in [1.165, 1.54) is 12.0 Å². The maximum Gasteiger partial charge on any atom is 0.259 e. The van der Waals surface area contributed by atoms with Crippen LogP contribution in [0.4, 0.5) is 0 Å². The van der Waals surface area contributed by atoms with Crippen molar-refractivity contribution in [1.82, 2.24) is 19.7 Å². The van der Waals surface area contributed by atoms with Crippen LogP contribution >= 0.6 is 0 Å². The van der Waals surface area contributed by atoms with Gasteiger partial charge in [-0.3, -0.25) is 14.4 Å². The van der Waals surface area contributed by atoms with Gasteiger partial charge in [-0.1, -0.05) is 30.3 Å². The molecule has 0 aliphatic carbocycles. The summed E-state index contributed by atoms with van der Waals surface area (Å²) >= 11 is 0. The predicted molar refractivity (Wildman–Crippen MR) is 131 cm³/mol. The molecule has 1 fully saturated rings. The van der Waals surface area contributed by atoms with Crippen molar-refractivity contribution in [3.8, 4) is 5.88 Å². The fourth-order valence-electron chi connectivity index (χ4n) is 4.11. The highest BCUT2D eigenvalue weighted by Gasteiger charge is 2.32. The second kappa shape index (κ2) is 12.9. The van der Waals surface area contributed by atoms with Gasteiger partial charge >= 0.3 is 0 Å². The summed E-state index contributed by atoms with van der Waals surface area (Å²) in [6.45, 7) is 5.79. The summed E-state index contributed by atoms with van der Waals surface area (Å²) in [5, 5.41) is 0. The highest BCUT2D eigenvalue weighted by molar-refractivity contribution is 5.98. The predicted octanol–water partition coefficient (Wildman–Crippen LogP) is 1.87. The van der Waals surface area contributed by atoms with Gasteiger partial charge in [0.2, 0.25) is 17.7 Å². The average molecular weight is 483 g/mol. The van der Waals surface area contributed by atoms with Crippen LogP contribution in [0, 0.1) is 0 Å². The van der Waals surface area contributed by atoms with Gasteiger partial charge in [-0.05, 0) is 38.0 Å². The van der Waals surface area contributed by atoms with Gasteiger partial charge in [0.25, 0.3) is 5.91 Å². The van der Waals surface area contributed by atoms with E-state index < -0.39 is 6.10 Å². The van der Waals surface area contributed by atoms with Crippen molar-refractivity contribution in [2.45, 2.75) is 26.4 Å². The molecule has 1 aromatic carbocycles. The van der Waals surface area contributed by atoms with E-state index >= 15 is 0 Å². The molecule has 0 spiro atoms. The lowest BCUT2D eigenvalue weighted by molar-refractivity contribution is -0.138. The Kier molecular flexibility index (Phi) is 9.60. The van der Waals surface area contributed by atoms with Crippen LogP contribution in [0.1, 0.15) is 29.8 Å². The van der Waals surface area contributed by atoms with Crippen LogP contribution in [0.25, 0.3) is 0 Å². The normalized spacial score (nSPS) is 16.1. The number of amides is 3. The molecule has 3 amide bonds. The van der Waals surface area contributed by atoms with Crippen molar-refractivity contribution in [2.24, 2.45) is 0 Å². The topological polar surface area (TPSA) is 92.3 Å². The number of rotatable bonds is 10. The zero-order chi connectivity index (χ0) is 25.2. The lowest BCUT2D eigenvalue weighted by atomic mass is 10.1. The van der Waals surface area contributed by atoms with Gasteiger partial charge in [-0.15, -0.1) is 0 Å². The molecule has 1 aliphatic heterocycles. The molecule has 9 nitrogen and oxygen atoms in total. The second-order valence-electron chi connectivity index (χ2n) is 8.32. The highest BCUT2D eigenvalue weighted by atomic mass is 16.5. The Balaban J connectivity index is 1.78. The lowest BCUT2D eigenvalue weighted by Crippen LogP contribution is -2.41. The van der Waals surface area contributed by atoms with Crippen LogP contribution in [0.5, 0.6) is 5.88 Å². The average Bonchev–Trinajstić information content (AvgIpc) is 3.05. The molecule has 0 N–H and O–H groups in total. The molecule has 0 unspecified atom stereocenters. The summed E-state index contributed by atoms with van der Waals surface area (Å²) in [5.41, 5.74) is 1.39. The lowest BCUT2D eigenvalue weighted by Gasteiger charge is -2.26. The van der Waals surface area contributed by atoms with Crippen molar-refractivity contribution in [3.63, 3.8) is 0 Å². The Labute approximate surface area is 206 Å². The minimum atomic E-state index is -0.511. The minimum absolute atomic E-state index is 0.0878. The minimum Gasteiger partial charge on any atom is -0.480 e. The summed E-state index contributed by atoms with van der Waals surface area (Å²) in [7, 11) is 1.45. The first-order chi connectivity index (χ1) is 17.0. The van der Waals surface area contributed by atoms with Crippen LogP contribution in [0.3, 0.4) is 0 Å². The molecule has 2 aromatic rings. The number of hydrogen-bond acceptors (Lipinski definition) is 6. The smallest absolute Gasteiger partial charge is 0.259 e. The number of nitrogens with zero attached hydrogens (tertiary/aromatic N) is 4. The molecular weight excluding hydrogens is 448 g/mol. The third kappa shape index (κ3) is 7.02. The quantitative estimate of drug-likeness (QED) is 0.513. The SMILES string of the molecule is CCN(CC)C(=O)CO[C@@H]1CN(CCc2ccccc2)C(=O)CN(C(=O)c2cccnc2OC)C1. The fourth-order valence-corrected chi connectivity index (χ4v) is 4.11. The zero-order valence-electron chi connectivity index (χ0n) is 20.7. The molecule has 0 saturated carbocycles. The van der Waals surface area contributed by atoms with E-state index in [1.54, 1.807) is 28.1 Å². The Morgan fingerprint density at radius 1 is 1.09 bits per heavy atom. The number of likely N-dealkylation sites (N-methyl/N-ethyl adjacent to an activating group) is 1. The summed E-state index contributed by atoms with van der Waals surface area (Å²) in [6, 6.07) is 13.2. The molecule has 35 heavy (non-hydrogen) atoms. The summed E-state index contributed by atoms with van der Waals surface area (Å²) in [4.78, 5) is 48.0. The van der Waals surface area contributed by atoms with Crippen molar-refractivity contribution in [3.05, 3.63) is 59.8 Å². The van der Waals surface area contributed by atoms with Crippen LogP contribution in [-0.2, 0) is 20.7 Å². The molecule has 9 heteroatoms. The number of aromatic nitrogens is 1. The largest absolute Gasteiger partial charge is 0.480 e. The number of carbonyl (C=O) groups is 3. The number of ether oxygens (including phenoxy) is 2. The highest BCUT2D eigenvalue weighted by Crippen LogP contribution is 2.19. The van der Waals surface area contributed by atoms with Crippen LogP contribution in [0.15, 0.2) is 48.7 Å². The van der Waals surface area contributed by atoms with Crippen molar-refractivity contribution < 1.29 is 23.9 Å². The molecule has 1 saturated heterocycles. The first-order valence-electron chi connectivity index (χ1n) is 12.0. The molecule has 0 radical (unpaired) electrons. The zero-order valence-corrected chi connectivity index (χ0v) is 20.7. The van der Waals surface area contributed by atoms with Crippen molar-refractivity contribution in [1.29, 1.82) is 0 Å². The monoisotopic (exact) mass is 482 g/mol. The Morgan fingerprint density at radius 3 is 2.51 bits per heavy atom. The van der Waals surface area contributed by atoms with Gasteiger partial charge in [0.15, 0.2) is 0 Å². The van der Waals surface area contributed by atoms with Gasteiger partial charge in [0, 0.05) is 38.9 Å². The van der Waals surface area contributed by atoms with Gasteiger partial charge in [0.05, 0.1) is 13.2 Å². The van der Waals surface area contributed by atoms with Crippen LogP contribution in [0.2, 0.25) is 0 Å².